The SMILES string of the molecule is FC(F)(F)c1cc(Cl)ccc1N1CCNC(C2CC2)C1. The van der Waals surface area contributed by atoms with Crippen molar-refractivity contribution in [1.29, 1.82) is 0 Å². The molecule has 1 saturated carbocycles. The molecule has 1 saturated heterocycles. The third kappa shape index (κ3) is 2.88. The number of alkyl halides is 3. The highest BCUT2D eigenvalue weighted by Crippen LogP contribution is 2.40. The number of hydrogen-bond donors (Lipinski definition) is 1. The van der Waals surface area contributed by atoms with E-state index in [2.05, 4.69) is 5.32 Å². The highest BCUT2D eigenvalue weighted by molar-refractivity contribution is 6.30. The summed E-state index contributed by atoms with van der Waals surface area (Å²) in [7, 11) is 0. The van der Waals surface area contributed by atoms with Crippen molar-refractivity contribution in [2.45, 2.75) is 25.1 Å². The van der Waals surface area contributed by atoms with Gasteiger partial charge in [0.25, 0.3) is 0 Å². The molecule has 1 aliphatic heterocycles. The monoisotopic (exact) mass is 304 g/mol. The van der Waals surface area contributed by atoms with E-state index in [1.54, 1.807) is 0 Å². The Hall–Kier alpha value is -0.940. The Morgan fingerprint density at radius 3 is 2.65 bits per heavy atom. The molecule has 20 heavy (non-hydrogen) atoms. The van der Waals surface area contributed by atoms with Gasteiger partial charge in [0.1, 0.15) is 0 Å². The molecule has 110 valence electrons. The molecule has 2 aliphatic rings. The van der Waals surface area contributed by atoms with Crippen LogP contribution in [0.25, 0.3) is 0 Å². The molecular weight excluding hydrogens is 289 g/mol. The first kappa shape index (κ1) is 14.0. The van der Waals surface area contributed by atoms with Crippen molar-refractivity contribution < 1.29 is 13.2 Å². The van der Waals surface area contributed by atoms with Crippen molar-refractivity contribution in [3.63, 3.8) is 0 Å². The first-order chi connectivity index (χ1) is 9.45. The standard InChI is InChI=1S/C14H16ClF3N2/c15-10-3-4-13(11(7-10)14(16,17)18)20-6-5-19-12(8-20)9-1-2-9/h3-4,7,9,12,19H,1-2,5-6,8H2. The first-order valence-corrected chi connectivity index (χ1v) is 7.18. The van der Waals surface area contributed by atoms with Crippen LogP contribution in [0.5, 0.6) is 0 Å². The second-order valence-electron chi connectivity index (χ2n) is 5.50. The largest absolute Gasteiger partial charge is 0.418 e. The van der Waals surface area contributed by atoms with Crippen LogP contribution in [0.3, 0.4) is 0 Å². The maximum absolute atomic E-state index is 13.2. The minimum Gasteiger partial charge on any atom is -0.368 e. The van der Waals surface area contributed by atoms with E-state index in [1.165, 1.54) is 25.0 Å². The van der Waals surface area contributed by atoms with Crippen LogP contribution in [0.4, 0.5) is 18.9 Å². The predicted octanol–water partition coefficient (Wildman–Crippen LogP) is 3.55. The number of nitrogens with one attached hydrogen (secondary N) is 1. The lowest BCUT2D eigenvalue weighted by atomic mass is 10.1. The number of anilines is 1. The second kappa shape index (κ2) is 5.11. The van der Waals surface area contributed by atoms with Crippen molar-refractivity contribution >= 4 is 17.3 Å². The zero-order chi connectivity index (χ0) is 14.3. The van der Waals surface area contributed by atoms with Gasteiger partial charge in [-0.05, 0) is 37.0 Å². The van der Waals surface area contributed by atoms with Crippen molar-refractivity contribution in [1.82, 2.24) is 5.32 Å². The number of halogens is 4. The van der Waals surface area contributed by atoms with Crippen LogP contribution < -0.4 is 10.2 Å². The number of benzene rings is 1. The summed E-state index contributed by atoms with van der Waals surface area (Å²) in [6.07, 6.45) is -2.02. The van der Waals surface area contributed by atoms with Crippen molar-refractivity contribution in [2.24, 2.45) is 5.92 Å². The second-order valence-corrected chi connectivity index (χ2v) is 5.94. The van der Waals surface area contributed by atoms with Gasteiger partial charge in [-0.2, -0.15) is 13.2 Å². The molecular formula is C14H16ClF3N2. The van der Waals surface area contributed by atoms with E-state index in [-0.39, 0.29) is 10.7 Å². The normalized spacial score (nSPS) is 24.0. The number of piperazine rings is 1. The third-order valence-electron chi connectivity index (χ3n) is 4.00. The van der Waals surface area contributed by atoms with E-state index >= 15 is 0 Å². The fraction of sp³-hybridized carbons (Fsp3) is 0.571. The van der Waals surface area contributed by atoms with E-state index in [9.17, 15) is 13.2 Å². The van der Waals surface area contributed by atoms with Crippen LogP contribution in [-0.2, 0) is 6.18 Å². The van der Waals surface area contributed by atoms with Crippen molar-refractivity contribution in [2.75, 3.05) is 24.5 Å². The average Bonchev–Trinajstić information content (AvgIpc) is 3.22. The lowest BCUT2D eigenvalue weighted by Gasteiger charge is -2.36. The number of rotatable bonds is 2. The predicted molar refractivity (Wildman–Crippen MR) is 73.2 cm³/mol. The third-order valence-corrected chi connectivity index (χ3v) is 4.24. The number of nitrogens with zero attached hydrogens (tertiary/aromatic N) is 1. The minimum atomic E-state index is -4.37. The van der Waals surface area contributed by atoms with Crippen LogP contribution in [0.15, 0.2) is 18.2 Å². The van der Waals surface area contributed by atoms with Crippen molar-refractivity contribution in [3.05, 3.63) is 28.8 Å². The summed E-state index contributed by atoms with van der Waals surface area (Å²) in [6.45, 7) is 1.95. The summed E-state index contributed by atoms with van der Waals surface area (Å²) in [4.78, 5) is 1.83. The lowest BCUT2D eigenvalue weighted by Crippen LogP contribution is -2.52. The molecule has 1 N–H and O–H groups in total. The highest BCUT2D eigenvalue weighted by Gasteiger charge is 2.38. The summed E-state index contributed by atoms with van der Waals surface area (Å²) in [6, 6.07) is 4.34. The Bertz CT molecular complexity index is 500. The summed E-state index contributed by atoms with van der Waals surface area (Å²) >= 11 is 5.72. The number of hydrogen-bond acceptors (Lipinski definition) is 2. The van der Waals surface area contributed by atoms with E-state index < -0.39 is 11.7 Å². The fourth-order valence-corrected chi connectivity index (χ4v) is 2.99. The van der Waals surface area contributed by atoms with Gasteiger partial charge in [0.05, 0.1) is 5.56 Å². The van der Waals surface area contributed by atoms with Gasteiger partial charge >= 0.3 is 6.18 Å². The van der Waals surface area contributed by atoms with E-state index in [1.807, 2.05) is 4.90 Å². The summed E-state index contributed by atoms with van der Waals surface area (Å²) in [5, 5.41) is 3.52. The van der Waals surface area contributed by atoms with E-state index in [0.29, 0.717) is 25.0 Å². The molecule has 1 atom stereocenters. The Labute approximate surface area is 120 Å². The maximum Gasteiger partial charge on any atom is 0.418 e. The Kier molecular flexibility index (Phi) is 3.58. The molecule has 0 radical (unpaired) electrons. The molecule has 0 bridgehead atoms. The van der Waals surface area contributed by atoms with Gasteiger partial charge in [-0.15, -0.1) is 0 Å². The zero-order valence-electron chi connectivity index (χ0n) is 10.9. The smallest absolute Gasteiger partial charge is 0.368 e. The Morgan fingerprint density at radius 2 is 2.00 bits per heavy atom. The fourth-order valence-electron chi connectivity index (χ4n) is 2.82. The van der Waals surface area contributed by atoms with Crippen LogP contribution in [0.2, 0.25) is 5.02 Å². The van der Waals surface area contributed by atoms with Gasteiger partial charge in [-0.1, -0.05) is 11.6 Å². The molecule has 1 heterocycles. The molecule has 0 spiro atoms. The molecule has 2 nitrogen and oxygen atoms in total. The van der Waals surface area contributed by atoms with Crippen LogP contribution in [0.1, 0.15) is 18.4 Å². The quantitative estimate of drug-likeness (QED) is 0.899. The molecule has 0 aromatic heterocycles. The van der Waals surface area contributed by atoms with Crippen molar-refractivity contribution in [3.8, 4) is 0 Å². The van der Waals surface area contributed by atoms with Crippen LogP contribution >= 0.6 is 11.6 Å². The van der Waals surface area contributed by atoms with Gasteiger partial charge in [-0.3, -0.25) is 0 Å². The summed E-state index contributed by atoms with van der Waals surface area (Å²) in [5.41, 5.74) is -0.393. The molecule has 0 amide bonds. The van der Waals surface area contributed by atoms with Gasteiger partial charge in [0.2, 0.25) is 0 Å². The minimum absolute atomic E-state index is 0.120. The van der Waals surface area contributed by atoms with E-state index in [0.717, 1.165) is 12.6 Å². The average molecular weight is 305 g/mol. The van der Waals surface area contributed by atoms with Crippen LogP contribution in [0, 0.1) is 5.92 Å². The van der Waals surface area contributed by atoms with Gasteiger partial charge in [0, 0.05) is 36.4 Å². The molecule has 1 aromatic rings. The van der Waals surface area contributed by atoms with Gasteiger partial charge in [-0.25, -0.2) is 0 Å². The molecule has 6 heteroatoms. The maximum atomic E-state index is 13.2. The first-order valence-electron chi connectivity index (χ1n) is 6.80. The van der Waals surface area contributed by atoms with Crippen LogP contribution in [-0.4, -0.2) is 25.7 Å². The Morgan fingerprint density at radius 1 is 1.25 bits per heavy atom. The Balaban J connectivity index is 1.88. The topological polar surface area (TPSA) is 15.3 Å². The summed E-state index contributed by atoms with van der Waals surface area (Å²) in [5.74, 6) is 0.624. The molecule has 1 aliphatic carbocycles. The van der Waals surface area contributed by atoms with E-state index in [4.69, 9.17) is 11.6 Å². The van der Waals surface area contributed by atoms with Gasteiger partial charge < -0.3 is 10.2 Å². The highest BCUT2D eigenvalue weighted by atomic mass is 35.5. The zero-order valence-corrected chi connectivity index (χ0v) is 11.6. The molecule has 2 fully saturated rings. The molecule has 3 rings (SSSR count). The lowest BCUT2D eigenvalue weighted by molar-refractivity contribution is -0.137. The summed E-state index contributed by atoms with van der Waals surface area (Å²) < 4.78 is 39.5. The van der Waals surface area contributed by atoms with Gasteiger partial charge in [0.15, 0.2) is 0 Å². The molecule has 1 unspecified atom stereocenters. The molecule has 1 aromatic carbocycles.